The van der Waals surface area contributed by atoms with Crippen LogP contribution in [0.25, 0.3) is 0 Å². The summed E-state index contributed by atoms with van der Waals surface area (Å²) in [5, 5.41) is 12.7. The zero-order chi connectivity index (χ0) is 12.3. The number of nitrogens with one attached hydrogen (secondary N) is 1. The molecule has 2 aliphatic rings. The van der Waals surface area contributed by atoms with Crippen molar-refractivity contribution in [3.63, 3.8) is 0 Å². The van der Waals surface area contributed by atoms with Gasteiger partial charge in [0.05, 0.1) is 18.8 Å². The number of aliphatic hydroxyl groups is 1. The highest BCUT2D eigenvalue weighted by molar-refractivity contribution is 4.81. The van der Waals surface area contributed by atoms with Crippen LogP contribution >= 0.6 is 0 Å². The first-order valence-electron chi connectivity index (χ1n) is 6.89. The van der Waals surface area contributed by atoms with Gasteiger partial charge in [-0.3, -0.25) is 4.90 Å². The number of rotatable bonds is 5. The van der Waals surface area contributed by atoms with Crippen LogP contribution in [0.3, 0.4) is 0 Å². The van der Waals surface area contributed by atoms with Crippen LogP contribution in [-0.4, -0.2) is 61.0 Å². The lowest BCUT2D eigenvalue weighted by Gasteiger charge is -2.36. The Labute approximate surface area is 104 Å². The molecule has 1 aliphatic heterocycles. The van der Waals surface area contributed by atoms with Crippen LogP contribution in [0.5, 0.6) is 0 Å². The quantitative estimate of drug-likeness (QED) is 0.735. The molecule has 100 valence electrons. The molecule has 2 N–H and O–H groups in total. The van der Waals surface area contributed by atoms with Crippen molar-refractivity contribution in [2.45, 2.75) is 44.9 Å². The van der Waals surface area contributed by atoms with Crippen LogP contribution in [0.15, 0.2) is 0 Å². The van der Waals surface area contributed by atoms with E-state index in [1.165, 1.54) is 0 Å². The second-order valence-electron chi connectivity index (χ2n) is 5.73. The number of hydrogen-bond acceptors (Lipinski definition) is 4. The van der Waals surface area contributed by atoms with Crippen molar-refractivity contribution in [1.82, 2.24) is 10.2 Å². The van der Waals surface area contributed by atoms with Crippen LogP contribution in [-0.2, 0) is 4.74 Å². The van der Waals surface area contributed by atoms with Gasteiger partial charge in [0.25, 0.3) is 0 Å². The van der Waals surface area contributed by atoms with E-state index >= 15 is 0 Å². The smallest absolute Gasteiger partial charge is 0.0826 e. The minimum Gasteiger partial charge on any atom is -0.393 e. The molecule has 4 nitrogen and oxygen atoms in total. The molecule has 0 amide bonds. The van der Waals surface area contributed by atoms with Gasteiger partial charge in [-0.1, -0.05) is 0 Å². The molecule has 0 aromatic heterocycles. The molecule has 2 rings (SSSR count). The van der Waals surface area contributed by atoms with Crippen molar-refractivity contribution in [3.8, 4) is 0 Å². The molecule has 0 bridgehead atoms. The summed E-state index contributed by atoms with van der Waals surface area (Å²) in [6.07, 6.45) is 2.23. The molecule has 0 radical (unpaired) electrons. The van der Waals surface area contributed by atoms with Crippen molar-refractivity contribution in [2.24, 2.45) is 5.92 Å². The minimum atomic E-state index is -0.0378. The molecule has 0 aromatic carbocycles. The fourth-order valence-corrected chi connectivity index (χ4v) is 2.65. The second kappa shape index (κ2) is 6.14. The van der Waals surface area contributed by atoms with Gasteiger partial charge in [-0.15, -0.1) is 0 Å². The Bertz CT molecular complexity index is 229. The van der Waals surface area contributed by atoms with Crippen LogP contribution in [0.2, 0.25) is 0 Å². The van der Waals surface area contributed by atoms with Gasteiger partial charge >= 0.3 is 0 Å². The monoisotopic (exact) mass is 242 g/mol. The Morgan fingerprint density at radius 2 is 2.12 bits per heavy atom. The van der Waals surface area contributed by atoms with Crippen molar-refractivity contribution < 1.29 is 9.84 Å². The van der Waals surface area contributed by atoms with E-state index in [-0.39, 0.29) is 6.10 Å². The summed E-state index contributed by atoms with van der Waals surface area (Å²) in [5.41, 5.74) is 0. The third-order valence-corrected chi connectivity index (χ3v) is 3.92. The maximum atomic E-state index is 9.20. The normalized spacial score (nSPS) is 34.9. The molecule has 1 saturated carbocycles. The van der Waals surface area contributed by atoms with Gasteiger partial charge in [-0.2, -0.15) is 0 Å². The highest BCUT2D eigenvalue weighted by atomic mass is 16.5. The number of aliphatic hydroxyl groups excluding tert-OH is 1. The third kappa shape index (κ3) is 3.91. The average molecular weight is 242 g/mol. The maximum absolute atomic E-state index is 9.20. The number of hydrogen-bond donors (Lipinski definition) is 2. The lowest BCUT2D eigenvalue weighted by atomic mass is 9.82. The highest BCUT2D eigenvalue weighted by Crippen LogP contribution is 2.26. The van der Waals surface area contributed by atoms with E-state index in [0.717, 1.165) is 45.6 Å². The summed E-state index contributed by atoms with van der Waals surface area (Å²) >= 11 is 0. The van der Waals surface area contributed by atoms with Gasteiger partial charge in [0.2, 0.25) is 0 Å². The van der Waals surface area contributed by atoms with Crippen LogP contribution < -0.4 is 5.32 Å². The molecule has 0 aromatic rings. The first-order chi connectivity index (χ1) is 8.15. The summed E-state index contributed by atoms with van der Waals surface area (Å²) in [6, 6.07) is 0.614. The first kappa shape index (κ1) is 13.3. The standard InChI is InChI=1S/C13H26N2O2/c1-10(2)15-3-4-17-13(9-15)8-14-7-11-5-12(16)6-11/h10-14,16H,3-9H2,1-2H3. The van der Waals surface area contributed by atoms with E-state index in [2.05, 4.69) is 24.1 Å². The Morgan fingerprint density at radius 3 is 2.76 bits per heavy atom. The fraction of sp³-hybridized carbons (Fsp3) is 1.00. The Balaban J connectivity index is 1.58. The Kier molecular flexibility index (Phi) is 4.79. The van der Waals surface area contributed by atoms with E-state index < -0.39 is 0 Å². The predicted molar refractivity (Wildman–Crippen MR) is 68.0 cm³/mol. The molecule has 1 atom stereocenters. The zero-order valence-electron chi connectivity index (χ0n) is 11.1. The summed E-state index contributed by atoms with van der Waals surface area (Å²) in [5.74, 6) is 0.676. The fourth-order valence-electron chi connectivity index (χ4n) is 2.65. The Morgan fingerprint density at radius 1 is 1.35 bits per heavy atom. The van der Waals surface area contributed by atoms with Crippen LogP contribution in [0.1, 0.15) is 26.7 Å². The molecule has 4 heteroatoms. The lowest BCUT2D eigenvalue weighted by molar-refractivity contribution is -0.0385. The number of morpholine rings is 1. The average Bonchev–Trinajstić information content (AvgIpc) is 2.27. The van der Waals surface area contributed by atoms with E-state index in [1.807, 2.05) is 0 Å². The molecule has 1 unspecified atom stereocenters. The van der Waals surface area contributed by atoms with Gasteiger partial charge in [-0.05, 0) is 39.2 Å². The molecule has 1 aliphatic carbocycles. The summed E-state index contributed by atoms with van der Waals surface area (Å²) in [4.78, 5) is 2.48. The van der Waals surface area contributed by atoms with Gasteiger partial charge in [0, 0.05) is 25.7 Å². The number of ether oxygens (including phenoxy) is 1. The van der Waals surface area contributed by atoms with Crippen molar-refractivity contribution in [1.29, 1.82) is 0 Å². The number of nitrogens with zero attached hydrogens (tertiary/aromatic N) is 1. The van der Waals surface area contributed by atoms with Gasteiger partial charge < -0.3 is 15.2 Å². The van der Waals surface area contributed by atoms with Crippen LogP contribution in [0.4, 0.5) is 0 Å². The topological polar surface area (TPSA) is 44.7 Å². The molecular weight excluding hydrogens is 216 g/mol. The lowest BCUT2D eigenvalue weighted by Crippen LogP contribution is -2.49. The summed E-state index contributed by atoms with van der Waals surface area (Å²) < 4.78 is 5.76. The second-order valence-corrected chi connectivity index (χ2v) is 5.73. The molecule has 0 spiro atoms. The predicted octanol–water partition coefficient (Wildman–Crippen LogP) is 0.456. The largest absolute Gasteiger partial charge is 0.393 e. The Hall–Kier alpha value is -0.160. The SMILES string of the molecule is CC(C)N1CCOC(CNCC2CC(O)C2)C1. The van der Waals surface area contributed by atoms with Crippen LogP contribution in [0, 0.1) is 5.92 Å². The minimum absolute atomic E-state index is 0.0378. The third-order valence-electron chi connectivity index (χ3n) is 3.92. The van der Waals surface area contributed by atoms with E-state index in [1.54, 1.807) is 0 Å². The van der Waals surface area contributed by atoms with E-state index in [9.17, 15) is 5.11 Å². The van der Waals surface area contributed by atoms with Crippen molar-refractivity contribution >= 4 is 0 Å². The molecular formula is C13H26N2O2. The molecule has 2 fully saturated rings. The van der Waals surface area contributed by atoms with E-state index in [0.29, 0.717) is 18.1 Å². The molecule has 1 heterocycles. The van der Waals surface area contributed by atoms with Gasteiger partial charge in [0.1, 0.15) is 0 Å². The highest BCUT2D eigenvalue weighted by Gasteiger charge is 2.27. The first-order valence-corrected chi connectivity index (χ1v) is 6.89. The van der Waals surface area contributed by atoms with Crippen molar-refractivity contribution in [3.05, 3.63) is 0 Å². The van der Waals surface area contributed by atoms with E-state index in [4.69, 9.17) is 4.74 Å². The molecule has 1 saturated heterocycles. The summed E-state index contributed by atoms with van der Waals surface area (Å²) in [6.45, 7) is 9.40. The van der Waals surface area contributed by atoms with Crippen molar-refractivity contribution in [2.75, 3.05) is 32.8 Å². The summed E-state index contributed by atoms with van der Waals surface area (Å²) in [7, 11) is 0. The maximum Gasteiger partial charge on any atom is 0.0826 e. The zero-order valence-corrected chi connectivity index (χ0v) is 11.1. The van der Waals surface area contributed by atoms with Gasteiger partial charge in [-0.25, -0.2) is 0 Å². The van der Waals surface area contributed by atoms with Gasteiger partial charge in [0.15, 0.2) is 0 Å². The molecule has 17 heavy (non-hydrogen) atoms.